The number of hydrogen-bond acceptors (Lipinski definition) is 5. The van der Waals surface area contributed by atoms with Crippen molar-refractivity contribution < 1.29 is 4.79 Å². The van der Waals surface area contributed by atoms with Crippen molar-refractivity contribution in [1.29, 1.82) is 0 Å². The lowest BCUT2D eigenvalue weighted by molar-refractivity contribution is 0.101. The largest absolute Gasteiger partial charge is 0.315 e. The van der Waals surface area contributed by atoms with Crippen molar-refractivity contribution in [1.82, 2.24) is 18.9 Å². The predicted molar refractivity (Wildman–Crippen MR) is 123 cm³/mol. The van der Waals surface area contributed by atoms with Crippen LogP contribution in [0.4, 0.5) is 0 Å². The molecule has 4 aromatic rings. The summed E-state index contributed by atoms with van der Waals surface area (Å²) < 4.78 is 3.96. The van der Waals surface area contributed by atoms with E-state index in [0.717, 1.165) is 48.0 Å². The van der Waals surface area contributed by atoms with E-state index in [9.17, 15) is 9.59 Å². The minimum Gasteiger partial charge on any atom is -0.315 e. The molecule has 0 saturated carbocycles. The lowest BCUT2D eigenvalue weighted by Gasteiger charge is -2.30. The van der Waals surface area contributed by atoms with Crippen molar-refractivity contribution in [2.45, 2.75) is 33.4 Å². The molecular weight excluding hydrogens is 408 g/mol. The molecule has 4 heterocycles. The number of carbonyl (C=O) groups is 1. The summed E-state index contributed by atoms with van der Waals surface area (Å²) in [6, 6.07) is 9.36. The van der Waals surface area contributed by atoms with E-state index in [1.54, 1.807) is 28.9 Å². The summed E-state index contributed by atoms with van der Waals surface area (Å²) in [4.78, 5) is 33.0. The van der Waals surface area contributed by atoms with Gasteiger partial charge in [0.25, 0.3) is 5.56 Å². The maximum absolute atomic E-state index is 13.1. The number of benzene rings is 1. The van der Waals surface area contributed by atoms with Crippen molar-refractivity contribution >= 4 is 22.1 Å². The van der Waals surface area contributed by atoms with Gasteiger partial charge in [0, 0.05) is 61.5 Å². The Balaban J connectivity index is 1.50. The predicted octanol–water partition coefficient (Wildman–Crippen LogP) is 3.83. The van der Waals surface area contributed by atoms with Crippen LogP contribution >= 0.6 is 11.3 Å². The number of carbonyl (C=O) groups excluding carboxylic acids is 1. The Bertz CT molecular complexity index is 1380. The van der Waals surface area contributed by atoms with Crippen LogP contribution in [0.3, 0.4) is 0 Å². The summed E-state index contributed by atoms with van der Waals surface area (Å²) in [6.07, 6.45) is 2.91. The van der Waals surface area contributed by atoms with Crippen LogP contribution in [0, 0.1) is 6.92 Å². The highest BCUT2D eigenvalue weighted by Crippen LogP contribution is 2.26. The van der Waals surface area contributed by atoms with Crippen LogP contribution in [0.1, 0.15) is 39.9 Å². The molecule has 0 fully saturated rings. The van der Waals surface area contributed by atoms with E-state index in [1.807, 2.05) is 31.3 Å². The molecule has 0 N–H and O–H groups in total. The molecule has 1 aliphatic rings. The first-order valence-corrected chi connectivity index (χ1v) is 11.3. The molecule has 0 amide bonds. The number of hydrogen-bond donors (Lipinski definition) is 0. The number of thiazole rings is 1. The molecule has 7 heteroatoms. The van der Waals surface area contributed by atoms with Gasteiger partial charge in [-0.25, -0.2) is 4.98 Å². The molecule has 158 valence electrons. The summed E-state index contributed by atoms with van der Waals surface area (Å²) >= 11 is 1.65. The third kappa shape index (κ3) is 3.43. The van der Waals surface area contributed by atoms with E-state index in [-0.39, 0.29) is 11.3 Å². The van der Waals surface area contributed by atoms with Crippen molar-refractivity contribution in [2.75, 3.05) is 6.54 Å². The number of ketones is 1. The minimum atomic E-state index is -0.0143. The van der Waals surface area contributed by atoms with E-state index >= 15 is 0 Å². The fraction of sp³-hybridized carbons (Fsp3) is 0.292. The van der Waals surface area contributed by atoms with Gasteiger partial charge < -0.3 is 4.57 Å². The second-order valence-electron chi connectivity index (χ2n) is 8.19. The van der Waals surface area contributed by atoms with Gasteiger partial charge in [0.15, 0.2) is 10.7 Å². The minimum absolute atomic E-state index is 0.00117. The lowest BCUT2D eigenvalue weighted by Crippen LogP contribution is -2.35. The number of aromatic nitrogens is 3. The number of Topliss-reactive ketones (excluding diaryl/α,β-unsaturated/α-hetero) is 1. The Morgan fingerprint density at radius 2 is 2.10 bits per heavy atom. The molecule has 0 saturated heterocycles. The molecule has 0 spiro atoms. The Hall–Kier alpha value is -3.03. The van der Waals surface area contributed by atoms with E-state index in [4.69, 9.17) is 0 Å². The Morgan fingerprint density at radius 3 is 2.90 bits per heavy atom. The zero-order valence-electron chi connectivity index (χ0n) is 17.9. The van der Waals surface area contributed by atoms with E-state index < -0.39 is 0 Å². The van der Waals surface area contributed by atoms with Crippen molar-refractivity contribution in [3.8, 4) is 11.1 Å². The molecule has 1 aliphatic heterocycles. The van der Waals surface area contributed by atoms with Crippen molar-refractivity contribution in [3.05, 3.63) is 80.5 Å². The van der Waals surface area contributed by atoms with E-state index in [1.165, 1.54) is 11.3 Å². The number of imidazole rings is 1. The highest BCUT2D eigenvalue weighted by atomic mass is 32.1. The average Bonchev–Trinajstić information content (AvgIpc) is 3.32. The second kappa shape index (κ2) is 7.59. The molecule has 3 aromatic heterocycles. The van der Waals surface area contributed by atoms with Crippen LogP contribution in [0.2, 0.25) is 0 Å². The summed E-state index contributed by atoms with van der Waals surface area (Å²) in [5.74, 6) is -0.00117. The Kier molecular flexibility index (Phi) is 4.87. The van der Waals surface area contributed by atoms with Crippen LogP contribution in [0.25, 0.3) is 16.1 Å². The van der Waals surface area contributed by atoms with Crippen LogP contribution < -0.4 is 5.56 Å². The smallest absolute Gasteiger partial charge is 0.258 e. The molecule has 0 radical (unpaired) electrons. The van der Waals surface area contributed by atoms with Crippen LogP contribution in [0.5, 0.6) is 0 Å². The molecular formula is C24H24N4O2S. The fourth-order valence-electron chi connectivity index (χ4n) is 4.48. The molecule has 0 unspecified atom stereocenters. The number of aryl methyl sites for hydroxylation is 1. The molecule has 31 heavy (non-hydrogen) atoms. The van der Waals surface area contributed by atoms with Crippen LogP contribution in [0.15, 0.2) is 46.7 Å². The molecule has 0 aliphatic carbocycles. The van der Waals surface area contributed by atoms with Gasteiger partial charge in [-0.05, 0) is 37.1 Å². The maximum Gasteiger partial charge on any atom is 0.258 e. The third-order valence-electron chi connectivity index (χ3n) is 6.20. The quantitative estimate of drug-likeness (QED) is 0.460. The maximum atomic E-state index is 13.1. The molecule has 0 bridgehead atoms. The monoisotopic (exact) mass is 432 g/mol. The van der Waals surface area contributed by atoms with Gasteiger partial charge in [-0.2, -0.15) is 0 Å². The summed E-state index contributed by atoms with van der Waals surface area (Å²) in [5.41, 5.74) is 6.60. The standard InChI is InChI=1S/C24H24N4O2S/c1-15-22(28-9-10-31-24(28)25-15)14-27-8-7-21-19(13-27)12-20(23(30)26(21)3)18-6-4-5-17(11-18)16(2)29/h4-6,9-12H,7-8,13-14H2,1-3H3. The third-order valence-corrected chi connectivity index (χ3v) is 6.96. The number of rotatable bonds is 4. The summed E-state index contributed by atoms with van der Waals surface area (Å²) in [6.45, 7) is 6.11. The topological polar surface area (TPSA) is 59.6 Å². The zero-order valence-corrected chi connectivity index (χ0v) is 18.7. The van der Waals surface area contributed by atoms with Gasteiger partial charge in [0.2, 0.25) is 0 Å². The summed E-state index contributed by atoms with van der Waals surface area (Å²) in [7, 11) is 1.85. The van der Waals surface area contributed by atoms with Gasteiger partial charge in [0.05, 0.1) is 11.4 Å². The van der Waals surface area contributed by atoms with Crippen molar-refractivity contribution in [3.63, 3.8) is 0 Å². The highest BCUT2D eigenvalue weighted by molar-refractivity contribution is 7.15. The first kappa shape index (κ1) is 19.9. The first-order valence-electron chi connectivity index (χ1n) is 10.4. The molecule has 1 aromatic carbocycles. The number of fused-ring (bicyclic) bond motifs is 2. The average molecular weight is 433 g/mol. The Labute approximate surface area is 184 Å². The highest BCUT2D eigenvalue weighted by Gasteiger charge is 2.23. The van der Waals surface area contributed by atoms with Gasteiger partial charge in [-0.3, -0.25) is 18.9 Å². The van der Waals surface area contributed by atoms with Crippen LogP contribution in [-0.2, 0) is 26.6 Å². The van der Waals surface area contributed by atoms with Crippen molar-refractivity contribution in [2.24, 2.45) is 7.05 Å². The van der Waals surface area contributed by atoms with Crippen LogP contribution in [-0.4, -0.2) is 31.2 Å². The summed E-state index contributed by atoms with van der Waals surface area (Å²) in [5, 5.41) is 2.06. The van der Waals surface area contributed by atoms with Gasteiger partial charge in [-0.15, -0.1) is 11.3 Å². The molecule has 0 atom stereocenters. The van der Waals surface area contributed by atoms with Gasteiger partial charge in [0.1, 0.15) is 0 Å². The Morgan fingerprint density at radius 1 is 1.26 bits per heavy atom. The normalized spacial score (nSPS) is 14.2. The fourth-order valence-corrected chi connectivity index (χ4v) is 5.26. The van der Waals surface area contributed by atoms with E-state index in [0.29, 0.717) is 11.1 Å². The van der Waals surface area contributed by atoms with Gasteiger partial charge in [-0.1, -0.05) is 18.2 Å². The molecule has 6 nitrogen and oxygen atoms in total. The lowest BCUT2D eigenvalue weighted by atomic mass is 9.97. The second-order valence-corrected chi connectivity index (χ2v) is 9.06. The first-order chi connectivity index (χ1) is 14.9. The van der Waals surface area contributed by atoms with Gasteiger partial charge >= 0.3 is 0 Å². The zero-order chi connectivity index (χ0) is 21.7. The SMILES string of the molecule is CC(=O)c1cccc(-c2cc3c(n(C)c2=O)CCN(Cc2c(C)nc4sccn24)C3)c1. The van der Waals surface area contributed by atoms with E-state index in [2.05, 4.69) is 32.8 Å². The number of nitrogens with zero attached hydrogens (tertiary/aromatic N) is 4. The molecule has 5 rings (SSSR count). The number of pyridine rings is 1.